The molecule has 0 aromatic heterocycles. The quantitative estimate of drug-likeness (QED) is 0.763. The van der Waals surface area contributed by atoms with Crippen LogP contribution in [0.25, 0.3) is 0 Å². The molecule has 0 aromatic carbocycles. The highest BCUT2D eigenvalue weighted by molar-refractivity contribution is 7.99. The second-order valence-corrected chi connectivity index (χ2v) is 5.96. The van der Waals surface area contributed by atoms with Gasteiger partial charge in [0.2, 0.25) is 0 Å². The SMILES string of the molecule is CNCCOC1CCOC2(CCSCC2)C1. The minimum atomic E-state index is 0.161. The van der Waals surface area contributed by atoms with Crippen LogP contribution in [0.15, 0.2) is 0 Å². The molecule has 2 saturated heterocycles. The first kappa shape index (κ1) is 12.7. The van der Waals surface area contributed by atoms with E-state index < -0.39 is 0 Å². The van der Waals surface area contributed by atoms with E-state index in [-0.39, 0.29) is 5.60 Å². The van der Waals surface area contributed by atoms with Gasteiger partial charge in [0.05, 0.1) is 18.3 Å². The predicted molar refractivity (Wildman–Crippen MR) is 68.1 cm³/mol. The topological polar surface area (TPSA) is 30.5 Å². The fourth-order valence-corrected chi connectivity index (χ4v) is 3.78. The number of hydrogen-bond acceptors (Lipinski definition) is 4. The molecule has 4 heteroatoms. The molecule has 0 amide bonds. The van der Waals surface area contributed by atoms with Crippen LogP contribution in [-0.2, 0) is 9.47 Å². The predicted octanol–water partition coefficient (Wildman–Crippen LogP) is 1.67. The lowest BCUT2D eigenvalue weighted by atomic mass is 9.86. The van der Waals surface area contributed by atoms with Gasteiger partial charge in [0, 0.05) is 19.6 Å². The van der Waals surface area contributed by atoms with E-state index in [2.05, 4.69) is 17.1 Å². The van der Waals surface area contributed by atoms with Crippen LogP contribution in [0.1, 0.15) is 25.7 Å². The molecule has 0 aliphatic carbocycles. The third-order valence-electron chi connectivity index (χ3n) is 3.56. The lowest BCUT2D eigenvalue weighted by Gasteiger charge is -2.43. The fourth-order valence-electron chi connectivity index (χ4n) is 2.54. The monoisotopic (exact) mass is 245 g/mol. The summed E-state index contributed by atoms with van der Waals surface area (Å²) in [7, 11) is 1.97. The van der Waals surface area contributed by atoms with Crippen LogP contribution in [-0.4, -0.2) is 50.0 Å². The molecule has 0 bridgehead atoms. The molecule has 1 atom stereocenters. The molecule has 2 aliphatic rings. The zero-order valence-electron chi connectivity index (χ0n) is 10.2. The third kappa shape index (κ3) is 3.36. The van der Waals surface area contributed by atoms with E-state index in [1.807, 2.05) is 7.05 Å². The summed E-state index contributed by atoms with van der Waals surface area (Å²) in [4.78, 5) is 0. The van der Waals surface area contributed by atoms with Gasteiger partial charge in [0.15, 0.2) is 0 Å². The molecule has 94 valence electrons. The van der Waals surface area contributed by atoms with Gasteiger partial charge in [0.1, 0.15) is 0 Å². The lowest BCUT2D eigenvalue weighted by Crippen LogP contribution is -2.45. The Balaban J connectivity index is 1.78. The van der Waals surface area contributed by atoms with Crippen LogP contribution < -0.4 is 5.32 Å². The van der Waals surface area contributed by atoms with Crippen molar-refractivity contribution in [2.75, 3.05) is 38.3 Å². The van der Waals surface area contributed by atoms with Crippen molar-refractivity contribution in [3.8, 4) is 0 Å². The molecule has 1 unspecified atom stereocenters. The van der Waals surface area contributed by atoms with Gasteiger partial charge in [-0.3, -0.25) is 0 Å². The Hall–Kier alpha value is 0.230. The van der Waals surface area contributed by atoms with Gasteiger partial charge in [-0.15, -0.1) is 0 Å². The van der Waals surface area contributed by atoms with Crippen LogP contribution in [0.4, 0.5) is 0 Å². The van der Waals surface area contributed by atoms with Gasteiger partial charge in [-0.1, -0.05) is 0 Å². The van der Waals surface area contributed by atoms with Crippen LogP contribution in [0.2, 0.25) is 0 Å². The molecule has 1 spiro atoms. The highest BCUT2D eigenvalue weighted by atomic mass is 32.2. The Labute approximate surface area is 103 Å². The summed E-state index contributed by atoms with van der Waals surface area (Å²) in [6.45, 7) is 2.65. The fraction of sp³-hybridized carbons (Fsp3) is 1.00. The Kier molecular flexibility index (Phi) is 4.95. The van der Waals surface area contributed by atoms with Crippen molar-refractivity contribution in [3.05, 3.63) is 0 Å². The molecular weight excluding hydrogens is 222 g/mol. The van der Waals surface area contributed by atoms with E-state index in [4.69, 9.17) is 9.47 Å². The van der Waals surface area contributed by atoms with E-state index >= 15 is 0 Å². The zero-order valence-corrected chi connectivity index (χ0v) is 11.0. The van der Waals surface area contributed by atoms with Crippen molar-refractivity contribution in [1.82, 2.24) is 5.32 Å². The smallest absolute Gasteiger partial charge is 0.0723 e. The van der Waals surface area contributed by atoms with E-state index in [9.17, 15) is 0 Å². The Bertz CT molecular complexity index is 202. The van der Waals surface area contributed by atoms with Crippen LogP contribution >= 0.6 is 11.8 Å². The molecule has 2 aliphatic heterocycles. The van der Waals surface area contributed by atoms with Crippen molar-refractivity contribution in [2.45, 2.75) is 37.4 Å². The first-order valence-corrected chi connectivity index (χ1v) is 7.48. The largest absolute Gasteiger partial charge is 0.377 e. The van der Waals surface area contributed by atoms with Gasteiger partial charge < -0.3 is 14.8 Å². The summed E-state index contributed by atoms with van der Waals surface area (Å²) in [5.41, 5.74) is 0.161. The zero-order chi connectivity index (χ0) is 11.3. The van der Waals surface area contributed by atoms with Gasteiger partial charge in [-0.25, -0.2) is 0 Å². The Morgan fingerprint density at radius 2 is 2.25 bits per heavy atom. The molecule has 1 N–H and O–H groups in total. The van der Waals surface area contributed by atoms with Crippen molar-refractivity contribution < 1.29 is 9.47 Å². The molecule has 0 saturated carbocycles. The average Bonchev–Trinajstić information content (AvgIpc) is 2.31. The molecule has 2 heterocycles. The molecule has 2 rings (SSSR count). The van der Waals surface area contributed by atoms with Crippen molar-refractivity contribution >= 4 is 11.8 Å². The molecule has 2 fully saturated rings. The van der Waals surface area contributed by atoms with E-state index in [0.29, 0.717) is 6.10 Å². The molecular formula is C12H23NO2S. The first-order valence-electron chi connectivity index (χ1n) is 6.33. The minimum Gasteiger partial charge on any atom is -0.377 e. The standard InChI is InChI=1S/C12H23NO2S/c1-13-5-7-14-11-2-6-15-12(10-11)3-8-16-9-4-12/h11,13H,2-10H2,1H3. The number of hydrogen-bond donors (Lipinski definition) is 1. The summed E-state index contributed by atoms with van der Waals surface area (Å²) >= 11 is 2.05. The second kappa shape index (κ2) is 6.24. The highest BCUT2D eigenvalue weighted by Crippen LogP contribution is 2.38. The molecule has 3 nitrogen and oxygen atoms in total. The number of thioether (sulfide) groups is 1. The second-order valence-electron chi connectivity index (χ2n) is 4.73. The summed E-state index contributed by atoms with van der Waals surface area (Å²) in [6.07, 6.45) is 5.02. The van der Waals surface area contributed by atoms with E-state index in [1.54, 1.807) is 0 Å². The van der Waals surface area contributed by atoms with Crippen LogP contribution in [0.5, 0.6) is 0 Å². The van der Waals surface area contributed by atoms with Crippen molar-refractivity contribution in [1.29, 1.82) is 0 Å². The van der Waals surface area contributed by atoms with Gasteiger partial charge in [0.25, 0.3) is 0 Å². The number of rotatable bonds is 4. The Morgan fingerprint density at radius 1 is 1.44 bits per heavy atom. The van der Waals surface area contributed by atoms with Crippen LogP contribution in [0.3, 0.4) is 0 Å². The lowest BCUT2D eigenvalue weighted by molar-refractivity contribution is -0.136. The average molecular weight is 245 g/mol. The van der Waals surface area contributed by atoms with Crippen molar-refractivity contribution in [2.24, 2.45) is 0 Å². The summed E-state index contributed by atoms with van der Waals surface area (Å²) in [5.74, 6) is 2.51. The summed E-state index contributed by atoms with van der Waals surface area (Å²) in [5, 5.41) is 3.12. The molecule has 16 heavy (non-hydrogen) atoms. The Morgan fingerprint density at radius 3 is 3.00 bits per heavy atom. The molecule has 0 aromatic rings. The highest BCUT2D eigenvalue weighted by Gasteiger charge is 2.38. The third-order valence-corrected chi connectivity index (χ3v) is 4.54. The van der Waals surface area contributed by atoms with E-state index in [1.165, 1.54) is 24.3 Å². The maximum Gasteiger partial charge on any atom is 0.0723 e. The normalized spacial score (nSPS) is 29.4. The first-order chi connectivity index (χ1) is 7.85. The maximum absolute atomic E-state index is 6.03. The number of ether oxygens (including phenoxy) is 2. The number of nitrogens with one attached hydrogen (secondary N) is 1. The van der Waals surface area contributed by atoms with Gasteiger partial charge in [-0.05, 0) is 37.8 Å². The van der Waals surface area contributed by atoms with E-state index in [0.717, 1.165) is 32.6 Å². The maximum atomic E-state index is 6.03. The van der Waals surface area contributed by atoms with Crippen molar-refractivity contribution in [3.63, 3.8) is 0 Å². The number of likely N-dealkylation sites (N-methyl/N-ethyl adjacent to an activating group) is 1. The van der Waals surface area contributed by atoms with Gasteiger partial charge >= 0.3 is 0 Å². The van der Waals surface area contributed by atoms with Gasteiger partial charge in [-0.2, -0.15) is 11.8 Å². The molecule has 0 radical (unpaired) electrons. The summed E-state index contributed by atoms with van der Waals surface area (Å²) in [6, 6.07) is 0. The van der Waals surface area contributed by atoms with Crippen LogP contribution in [0, 0.1) is 0 Å². The summed E-state index contributed by atoms with van der Waals surface area (Å²) < 4.78 is 11.9. The minimum absolute atomic E-state index is 0.161.